The number of ether oxygens (including phenoxy) is 4. The van der Waals surface area contributed by atoms with E-state index in [1.807, 2.05) is 0 Å². The molecule has 11 atom stereocenters. The maximum atomic E-state index is 12.1. The second kappa shape index (κ2) is 12.2. The van der Waals surface area contributed by atoms with Crippen LogP contribution in [0, 0.1) is 0 Å². The Labute approximate surface area is 206 Å². The van der Waals surface area contributed by atoms with E-state index in [4.69, 9.17) is 29.8 Å². The molecule has 3 rings (SSSR count). The molecular weight excluding hydrogens is 486 g/mol. The van der Waals surface area contributed by atoms with Gasteiger partial charge in [-0.2, -0.15) is 0 Å². The predicted octanol–water partition coefficient (Wildman–Crippen LogP) is -4.00. The van der Waals surface area contributed by atoms with Crippen LogP contribution in [0.15, 0.2) is 30.3 Å². The fourth-order valence-corrected chi connectivity index (χ4v) is 4.05. The molecule has 0 aromatic heterocycles. The molecule has 204 valence electrons. The van der Waals surface area contributed by atoms with Gasteiger partial charge in [0.15, 0.2) is 6.29 Å². The molecule has 0 unspecified atom stereocenters. The van der Waals surface area contributed by atoms with Gasteiger partial charge in [0.1, 0.15) is 42.7 Å². The first-order valence-corrected chi connectivity index (χ1v) is 11.3. The van der Waals surface area contributed by atoms with Gasteiger partial charge in [0, 0.05) is 6.42 Å². The fourth-order valence-electron chi connectivity index (χ4n) is 4.05. The van der Waals surface area contributed by atoms with E-state index in [1.165, 1.54) is 0 Å². The second-order valence-electron chi connectivity index (χ2n) is 8.85. The first-order chi connectivity index (χ1) is 17.0. The van der Waals surface area contributed by atoms with E-state index in [1.54, 1.807) is 30.3 Å². The second-order valence-corrected chi connectivity index (χ2v) is 8.85. The monoisotopic (exact) mass is 519 g/mol. The lowest BCUT2D eigenvalue weighted by Gasteiger charge is -2.46. The van der Waals surface area contributed by atoms with E-state index in [0.717, 1.165) is 5.56 Å². The molecule has 14 heteroatoms. The number of nitrogens with two attached hydrogens (primary N) is 1. The van der Waals surface area contributed by atoms with E-state index in [-0.39, 0.29) is 6.61 Å². The molecule has 36 heavy (non-hydrogen) atoms. The van der Waals surface area contributed by atoms with Crippen molar-refractivity contribution in [3.05, 3.63) is 35.9 Å². The van der Waals surface area contributed by atoms with Crippen LogP contribution in [0.1, 0.15) is 12.0 Å². The molecule has 2 aliphatic rings. The number of aliphatic hydroxyl groups excluding tert-OH is 7. The summed E-state index contributed by atoms with van der Waals surface area (Å²) in [6.45, 7) is -1.61. The largest absolute Gasteiger partial charge is 0.477 e. The molecule has 2 heterocycles. The maximum absolute atomic E-state index is 12.1. The first-order valence-electron chi connectivity index (χ1n) is 11.3. The third-order valence-corrected chi connectivity index (χ3v) is 6.28. The van der Waals surface area contributed by atoms with Gasteiger partial charge < -0.3 is 65.5 Å². The summed E-state index contributed by atoms with van der Waals surface area (Å²) in [4.78, 5) is 12.1. The maximum Gasteiger partial charge on any atom is 0.364 e. The highest BCUT2D eigenvalue weighted by Crippen LogP contribution is 2.34. The number of hydrogen-bond acceptors (Lipinski definition) is 13. The number of carbonyl (C=O) groups is 1. The number of carboxylic acids is 1. The van der Waals surface area contributed by atoms with Gasteiger partial charge in [0.25, 0.3) is 5.79 Å². The van der Waals surface area contributed by atoms with Crippen molar-refractivity contribution in [3.63, 3.8) is 0 Å². The first kappa shape index (κ1) is 28.8. The van der Waals surface area contributed by atoms with Crippen molar-refractivity contribution < 1.29 is 64.6 Å². The Morgan fingerprint density at radius 1 is 1.11 bits per heavy atom. The van der Waals surface area contributed by atoms with Gasteiger partial charge in [-0.25, -0.2) is 4.79 Å². The van der Waals surface area contributed by atoms with Crippen LogP contribution in [0.2, 0.25) is 0 Å². The molecule has 2 fully saturated rings. The average molecular weight is 520 g/mol. The number of carboxylic acid groups (broad SMARTS) is 1. The Morgan fingerprint density at radius 3 is 2.39 bits per heavy atom. The summed E-state index contributed by atoms with van der Waals surface area (Å²) in [6, 6.07) is 7.52. The molecule has 0 spiro atoms. The molecule has 0 bridgehead atoms. The van der Waals surface area contributed by atoms with E-state index in [9.17, 15) is 40.5 Å². The summed E-state index contributed by atoms with van der Waals surface area (Å²) >= 11 is 0. The summed E-state index contributed by atoms with van der Waals surface area (Å²) in [7, 11) is 0. The van der Waals surface area contributed by atoms with E-state index >= 15 is 0 Å². The molecule has 2 aliphatic heterocycles. The Kier molecular flexibility index (Phi) is 9.73. The molecule has 10 N–H and O–H groups in total. The fraction of sp³-hybridized carbons (Fsp3) is 0.682. The van der Waals surface area contributed by atoms with Gasteiger partial charge in [-0.05, 0) is 5.56 Å². The Morgan fingerprint density at radius 2 is 1.78 bits per heavy atom. The van der Waals surface area contributed by atoms with Crippen LogP contribution >= 0.6 is 0 Å². The van der Waals surface area contributed by atoms with Crippen molar-refractivity contribution in [1.82, 2.24) is 0 Å². The van der Waals surface area contributed by atoms with Gasteiger partial charge >= 0.3 is 5.97 Å². The standard InChI is InChI=1S/C22H33NO13/c23-14-11(25)6-22(21(31)32,36-19(14)15(27)12(26)7-24)34-9-13-16(28)17(29)18(30)20(35-13)33-8-10-4-2-1-3-5-10/h1-5,11-20,24-30H,6-9,23H2,(H,31,32)/t11-,12+,13+,14+,15+,16+,17-,18+,19+,20+,22+/m0/s1. The highest BCUT2D eigenvalue weighted by Gasteiger charge is 2.55. The normalized spacial score (nSPS) is 38.9. The molecular formula is C22H33NO13. The molecule has 0 amide bonds. The molecule has 2 saturated heterocycles. The Balaban J connectivity index is 1.72. The molecule has 14 nitrogen and oxygen atoms in total. The van der Waals surface area contributed by atoms with Crippen molar-refractivity contribution in [3.8, 4) is 0 Å². The predicted molar refractivity (Wildman–Crippen MR) is 117 cm³/mol. The van der Waals surface area contributed by atoms with Crippen LogP contribution < -0.4 is 5.73 Å². The quantitative estimate of drug-likeness (QED) is 0.143. The third kappa shape index (κ3) is 6.19. The Hall–Kier alpha value is -1.79. The highest BCUT2D eigenvalue weighted by molar-refractivity contribution is 5.76. The number of benzene rings is 1. The zero-order valence-corrected chi connectivity index (χ0v) is 19.2. The minimum atomic E-state index is -2.60. The molecule has 0 radical (unpaired) electrons. The summed E-state index contributed by atoms with van der Waals surface area (Å²) in [5.74, 6) is -4.31. The summed E-state index contributed by atoms with van der Waals surface area (Å²) < 4.78 is 21.9. The number of hydrogen-bond donors (Lipinski definition) is 9. The van der Waals surface area contributed by atoms with Crippen LogP contribution in [-0.2, 0) is 30.3 Å². The molecule has 1 aromatic rings. The number of aliphatic carboxylic acids is 1. The molecule has 0 aliphatic carbocycles. The van der Waals surface area contributed by atoms with Crippen LogP contribution in [0.25, 0.3) is 0 Å². The third-order valence-electron chi connectivity index (χ3n) is 6.28. The minimum absolute atomic E-state index is 0.00202. The van der Waals surface area contributed by atoms with Gasteiger partial charge in [-0.15, -0.1) is 0 Å². The zero-order chi connectivity index (χ0) is 26.6. The zero-order valence-electron chi connectivity index (χ0n) is 19.2. The van der Waals surface area contributed by atoms with Crippen molar-refractivity contribution in [2.24, 2.45) is 5.73 Å². The lowest BCUT2D eigenvalue weighted by atomic mass is 9.89. The van der Waals surface area contributed by atoms with Gasteiger partial charge in [-0.3, -0.25) is 0 Å². The highest BCUT2D eigenvalue weighted by atomic mass is 16.7. The summed E-state index contributed by atoms with van der Waals surface area (Å²) in [5.41, 5.74) is 6.55. The summed E-state index contributed by atoms with van der Waals surface area (Å²) in [5, 5.41) is 80.2. The molecule has 0 saturated carbocycles. The van der Waals surface area contributed by atoms with Crippen LogP contribution in [0.3, 0.4) is 0 Å². The lowest BCUT2D eigenvalue weighted by molar-refractivity contribution is -0.338. The van der Waals surface area contributed by atoms with Gasteiger partial charge in [-0.1, -0.05) is 30.3 Å². The van der Waals surface area contributed by atoms with Crippen molar-refractivity contribution in [2.45, 2.75) is 80.0 Å². The lowest BCUT2D eigenvalue weighted by Crippen LogP contribution is -2.67. The van der Waals surface area contributed by atoms with Crippen LogP contribution in [0.4, 0.5) is 0 Å². The number of rotatable bonds is 10. The number of aliphatic hydroxyl groups is 7. The van der Waals surface area contributed by atoms with E-state index < -0.39 is 92.6 Å². The SMILES string of the molecule is N[C@H]1[C@H]([C@H](O)[C@H](O)CO)O[C@@](OC[C@H]2O[C@@H](OCc3ccccc3)[C@H](O)[C@@H](O)[C@@H]2O)(C(=O)O)C[C@@H]1O. The van der Waals surface area contributed by atoms with E-state index in [0.29, 0.717) is 0 Å². The average Bonchev–Trinajstić information content (AvgIpc) is 2.87. The Bertz CT molecular complexity index is 846. The van der Waals surface area contributed by atoms with E-state index in [2.05, 4.69) is 0 Å². The van der Waals surface area contributed by atoms with Gasteiger partial charge in [0.05, 0.1) is 32.0 Å². The van der Waals surface area contributed by atoms with Crippen molar-refractivity contribution >= 4 is 5.97 Å². The van der Waals surface area contributed by atoms with Crippen molar-refractivity contribution in [2.75, 3.05) is 13.2 Å². The van der Waals surface area contributed by atoms with Crippen molar-refractivity contribution in [1.29, 1.82) is 0 Å². The van der Waals surface area contributed by atoms with Gasteiger partial charge in [0.2, 0.25) is 0 Å². The minimum Gasteiger partial charge on any atom is -0.477 e. The topological polar surface area (TPSA) is 242 Å². The smallest absolute Gasteiger partial charge is 0.364 e. The molecule has 1 aromatic carbocycles. The summed E-state index contributed by atoms with van der Waals surface area (Å²) in [6.07, 6.45) is -15.4. The van der Waals surface area contributed by atoms with Crippen LogP contribution in [0.5, 0.6) is 0 Å². The van der Waals surface area contributed by atoms with Crippen LogP contribution in [-0.4, -0.2) is 127 Å².